The summed E-state index contributed by atoms with van der Waals surface area (Å²) in [6.07, 6.45) is 4.72. The Hall–Kier alpha value is -1.92. The fourth-order valence-electron chi connectivity index (χ4n) is 3.93. The number of hydroxylamine groups is 2. The smallest absolute Gasteiger partial charge is 0.329 e. The van der Waals surface area contributed by atoms with Crippen LogP contribution in [0.25, 0.3) is 0 Å². The van der Waals surface area contributed by atoms with E-state index in [0.717, 1.165) is 12.8 Å². The summed E-state index contributed by atoms with van der Waals surface area (Å²) in [7, 11) is 0. The first-order valence-electron chi connectivity index (χ1n) is 8.43. The zero-order chi connectivity index (χ0) is 16.6. The van der Waals surface area contributed by atoms with Gasteiger partial charge in [-0.15, -0.1) is 5.06 Å². The van der Waals surface area contributed by atoms with Gasteiger partial charge in [0.05, 0.1) is 11.8 Å². The van der Waals surface area contributed by atoms with Crippen molar-refractivity contribution in [1.29, 1.82) is 0 Å². The van der Waals surface area contributed by atoms with E-state index in [1.54, 1.807) is 6.92 Å². The predicted octanol–water partition coefficient (Wildman–Crippen LogP) is 1.02. The quantitative estimate of drug-likeness (QED) is 0.724. The molecule has 2 saturated heterocycles. The molecule has 3 amide bonds. The van der Waals surface area contributed by atoms with Crippen LogP contribution in [-0.4, -0.2) is 46.2 Å². The minimum absolute atomic E-state index is 0.0894. The number of rotatable bonds is 3. The van der Waals surface area contributed by atoms with Crippen LogP contribution in [0.3, 0.4) is 0 Å². The maximum atomic E-state index is 12.4. The molecule has 1 saturated carbocycles. The van der Waals surface area contributed by atoms with E-state index >= 15 is 0 Å². The first kappa shape index (κ1) is 16.0. The Labute approximate surface area is 134 Å². The van der Waals surface area contributed by atoms with Crippen LogP contribution in [0.5, 0.6) is 0 Å². The van der Waals surface area contributed by atoms with E-state index in [9.17, 15) is 19.2 Å². The van der Waals surface area contributed by atoms with Crippen molar-refractivity contribution in [2.45, 2.75) is 57.9 Å². The van der Waals surface area contributed by atoms with Crippen LogP contribution in [0.15, 0.2) is 0 Å². The van der Waals surface area contributed by atoms with E-state index in [1.165, 1.54) is 4.90 Å². The topological polar surface area (TPSA) is 84.0 Å². The molecule has 7 heteroatoms. The molecule has 3 fully saturated rings. The fourth-order valence-corrected chi connectivity index (χ4v) is 3.93. The van der Waals surface area contributed by atoms with Gasteiger partial charge in [0.15, 0.2) is 0 Å². The second kappa shape index (κ2) is 6.29. The Morgan fingerprint density at radius 3 is 2.22 bits per heavy atom. The molecule has 0 aromatic carbocycles. The Morgan fingerprint density at radius 2 is 1.65 bits per heavy atom. The van der Waals surface area contributed by atoms with Crippen LogP contribution in [0.2, 0.25) is 0 Å². The van der Waals surface area contributed by atoms with E-state index in [0.29, 0.717) is 43.7 Å². The number of piperidine rings is 1. The lowest BCUT2D eigenvalue weighted by molar-refractivity contribution is -0.203. The van der Waals surface area contributed by atoms with Crippen molar-refractivity contribution >= 4 is 23.7 Å². The molecule has 126 valence electrons. The van der Waals surface area contributed by atoms with E-state index in [2.05, 4.69) is 0 Å². The minimum Gasteiger partial charge on any atom is -0.329 e. The zero-order valence-corrected chi connectivity index (χ0v) is 13.3. The normalized spacial score (nSPS) is 31.3. The van der Waals surface area contributed by atoms with Crippen molar-refractivity contribution in [3.05, 3.63) is 0 Å². The molecule has 1 aliphatic carbocycles. The van der Waals surface area contributed by atoms with Crippen LogP contribution < -0.4 is 0 Å². The molecule has 2 heterocycles. The predicted molar refractivity (Wildman–Crippen MR) is 78.4 cm³/mol. The molecule has 3 aliphatic rings. The van der Waals surface area contributed by atoms with Gasteiger partial charge in [0.25, 0.3) is 11.8 Å². The number of amides is 3. The molecule has 0 N–H and O–H groups in total. The van der Waals surface area contributed by atoms with Gasteiger partial charge in [-0.2, -0.15) is 0 Å². The molecular weight excluding hydrogens is 300 g/mol. The fraction of sp³-hybridized carbons (Fsp3) is 0.750. The van der Waals surface area contributed by atoms with Crippen LogP contribution in [-0.2, 0) is 24.0 Å². The number of likely N-dealkylation sites (N-methyl/N-ethyl adjacent to an activating group) is 1. The number of nitrogens with zero attached hydrogens (tertiary/aromatic N) is 2. The van der Waals surface area contributed by atoms with Gasteiger partial charge < -0.3 is 9.74 Å². The number of imide groups is 1. The first-order chi connectivity index (χ1) is 11.0. The van der Waals surface area contributed by atoms with Gasteiger partial charge in [-0.05, 0) is 32.6 Å². The number of likely N-dealkylation sites (tertiary alicyclic amines) is 1. The van der Waals surface area contributed by atoms with Crippen molar-refractivity contribution in [2.75, 3.05) is 6.54 Å². The second-order valence-electron chi connectivity index (χ2n) is 6.47. The van der Waals surface area contributed by atoms with E-state index in [4.69, 9.17) is 4.84 Å². The summed E-state index contributed by atoms with van der Waals surface area (Å²) < 4.78 is 0. The summed E-state index contributed by atoms with van der Waals surface area (Å²) in [5.41, 5.74) is 0. The lowest BCUT2D eigenvalue weighted by atomic mass is 9.81. The zero-order valence-electron chi connectivity index (χ0n) is 13.3. The third kappa shape index (κ3) is 2.72. The molecule has 0 bridgehead atoms. The van der Waals surface area contributed by atoms with E-state index in [-0.39, 0.29) is 17.7 Å². The Bertz CT molecular complexity index is 523. The minimum atomic E-state index is -0.704. The summed E-state index contributed by atoms with van der Waals surface area (Å²) in [6, 6.07) is -0.704. The van der Waals surface area contributed by atoms with Gasteiger partial charge in [-0.25, -0.2) is 4.79 Å². The van der Waals surface area contributed by atoms with Gasteiger partial charge in [0, 0.05) is 13.0 Å². The molecule has 2 unspecified atom stereocenters. The highest BCUT2D eigenvalue weighted by atomic mass is 16.7. The number of hydrogen-bond acceptors (Lipinski definition) is 5. The molecule has 7 nitrogen and oxygen atoms in total. The Kier molecular flexibility index (Phi) is 4.37. The third-order valence-electron chi connectivity index (χ3n) is 5.16. The Balaban J connectivity index is 1.71. The molecule has 0 spiro atoms. The van der Waals surface area contributed by atoms with Gasteiger partial charge in [-0.1, -0.05) is 12.8 Å². The number of hydrogen-bond donors (Lipinski definition) is 0. The number of fused-ring (bicyclic) bond motifs is 1. The van der Waals surface area contributed by atoms with E-state index < -0.39 is 23.8 Å². The van der Waals surface area contributed by atoms with Crippen molar-refractivity contribution in [3.8, 4) is 0 Å². The van der Waals surface area contributed by atoms with Gasteiger partial charge >= 0.3 is 5.97 Å². The van der Waals surface area contributed by atoms with Crippen LogP contribution >= 0.6 is 0 Å². The molecule has 3 atom stereocenters. The second-order valence-corrected chi connectivity index (χ2v) is 6.47. The molecule has 0 aromatic heterocycles. The standard InChI is InChI=1S/C16H22N2O5/c1-2-17-12(8-5-9-13(17)19)16(22)23-18-14(20)10-6-3-4-7-11(10)15(18)21/h10-12H,2-9H2,1H3/t10?,11?,12-/m0/s1. The van der Waals surface area contributed by atoms with Crippen LogP contribution in [0.1, 0.15) is 51.9 Å². The maximum absolute atomic E-state index is 12.4. The average molecular weight is 322 g/mol. The first-order valence-corrected chi connectivity index (χ1v) is 8.43. The largest absolute Gasteiger partial charge is 0.355 e. The van der Waals surface area contributed by atoms with Crippen molar-refractivity contribution < 1.29 is 24.0 Å². The lowest BCUT2D eigenvalue weighted by Gasteiger charge is -2.33. The molecule has 0 radical (unpaired) electrons. The highest BCUT2D eigenvalue weighted by Crippen LogP contribution is 2.38. The summed E-state index contributed by atoms with van der Waals surface area (Å²) in [5.74, 6) is -2.27. The summed E-state index contributed by atoms with van der Waals surface area (Å²) >= 11 is 0. The van der Waals surface area contributed by atoms with Gasteiger partial charge in [0.2, 0.25) is 5.91 Å². The highest BCUT2D eigenvalue weighted by Gasteiger charge is 2.51. The third-order valence-corrected chi connectivity index (χ3v) is 5.16. The molecule has 23 heavy (non-hydrogen) atoms. The van der Waals surface area contributed by atoms with Crippen molar-refractivity contribution in [3.63, 3.8) is 0 Å². The SMILES string of the molecule is CCN1C(=O)CCC[C@H]1C(=O)ON1C(=O)C2CCCCC2C1=O. The summed E-state index contributed by atoms with van der Waals surface area (Å²) in [4.78, 5) is 55.6. The highest BCUT2D eigenvalue weighted by molar-refractivity contribution is 6.05. The molecule has 3 rings (SSSR count). The summed E-state index contributed by atoms with van der Waals surface area (Å²) in [5, 5.41) is 0.663. The summed E-state index contributed by atoms with van der Waals surface area (Å²) in [6.45, 7) is 2.20. The van der Waals surface area contributed by atoms with E-state index in [1.807, 2.05) is 0 Å². The number of carbonyl (C=O) groups is 4. The van der Waals surface area contributed by atoms with Gasteiger partial charge in [0.1, 0.15) is 6.04 Å². The molecule has 2 aliphatic heterocycles. The monoisotopic (exact) mass is 322 g/mol. The average Bonchev–Trinajstić information content (AvgIpc) is 2.80. The lowest BCUT2D eigenvalue weighted by Crippen LogP contribution is -2.50. The van der Waals surface area contributed by atoms with Gasteiger partial charge in [-0.3, -0.25) is 14.4 Å². The van der Waals surface area contributed by atoms with Crippen molar-refractivity contribution in [1.82, 2.24) is 9.96 Å². The number of carbonyl (C=O) groups excluding carboxylic acids is 4. The molecule has 0 aromatic rings. The molecular formula is C16H22N2O5. The van der Waals surface area contributed by atoms with Crippen LogP contribution in [0, 0.1) is 11.8 Å². The maximum Gasteiger partial charge on any atom is 0.355 e. The Morgan fingerprint density at radius 1 is 1.04 bits per heavy atom. The van der Waals surface area contributed by atoms with Crippen molar-refractivity contribution in [2.24, 2.45) is 11.8 Å². The van der Waals surface area contributed by atoms with Crippen LogP contribution in [0.4, 0.5) is 0 Å².